The predicted octanol–water partition coefficient (Wildman–Crippen LogP) is 2.60. The largest absolute Gasteiger partial charge is 0.459 e. The van der Waals surface area contributed by atoms with Gasteiger partial charge in [0.25, 0.3) is 9.05 Å². The van der Waals surface area contributed by atoms with Gasteiger partial charge in [0.2, 0.25) is 0 Å². The van der Waals surface area contributed by atoms with Crippen molar-refractivity contribution < 1.29 is 26.7 Å². The maximum absolute atomic E-state index is 13.5. The minimum absolute atomic E-state index is 0.298. The molecule has 8 heteroatoms. The normalized spacial score (nSPS) is 15.9. The zero-order valence-electron chi connectivity index (χ0n) is 9.53. The summed E-state index contributed by atoms with van der Waals surface area (Å²) in [6, 6.07) is 0.848. The van der Waals surface area contributed by atoms with E-state index in [9.17, 15) is 22.0 Å². The Kier molecular flexibility index (Phi) is 3.78. The summed E-state index contributed by atoms with van der Waals surface area (Å²) in [5, 5.41) is 0. The molecule has 0 aromatic heterocycles. The van der Waals surface area contributed by atoms with Gasteiger partial charge in [0.15, 0.2) is 0 Å². The lowest BCUT2D eigenvalue weighted by molar-refractivity contribution is 0.00850. The first-order valence-electron chi connectivity index (χ1n) is 5.43. The average molecular weight is 311 g/mol. The van der Waals surface area contributed by atoms with Crippen molar-refractivity contribution in [2.24, 2.45) is 0 Å². The van der Waals surface area contributed by atoms with Crippen LogP contribution in [0.5, 0.6) is 0 Å². The van der Waals surface area contributed by atoms with Gasteiger partial charge in [0.05, 0.1) is 5.56 Å². The van der Waals surface area contributed by atoms with Gasteiger partial charge in [0.1, 0.15) is 22.6 Å². The van der Waals surface area contributed by atoms with Crippen LogP contribution in [0.1, 0.15) is 29.6 Å². The van der Waals surface area contributed by atoms with Crippen LogP contribution < -0.4 is 0 Å². The third kappa shape index (κ3) is 3.03. The molecule has 1 aromatic rings. The van der Waals surface area contributed by atoms with E-state index in [0.717, 1.165) is 6.42 Å². The van der Waals surface area contributed by atoms with E-state index < -0.39 is 37.1 Å². The number of carbonyl (C=O) groups is 1. The second kappa shape index (κ2) is 5.05. The van der Waals surface area contributed by atoms with Crippen LogP contribution >= 0.6 is 10.7 Å². The molecule has 2 rings (SSSR count). The van der Waals surface area contributed by atoms with Crippen molar-refractivity contribution in [3.8, 4) is 0 Å². The summed E-state index contributed by atoms with van der Waals surface area (Å²) in [5.41, 5.74) is -0.646. The zero-order chi connectivity index (χ0) is 14.2. The fourth-order valence-corrected chi connectivity index (χ4v) is 2.48. The van der Waals surface area contributed by atoms with Crippen molar-refractivity contribution >= 4 is 25.7 Å². The molecule has 104 valence electrons. The molecule has 0 N–H and O–H groups in total. The molecule has 0 atom stereocenters. The smallest absolute Gasteiger partial charge is 0.341 e. The topological polar surface area (TPSA) is 60.4 Å². The third-order valence-corrected chi connectivity index (χ3v) is 4.17. The molecule has 19 heavy (non-hydrogen) atoms. The molecule has 1 aliphatic rings. The van der Waals surface area contributed by atoms with Gasteiger partial charge >= 0.3 is 5.97 Å². The number of hydrogen-bond donors (Lipinski definition) is 0. The van der Waals surface area contributed by atoms with Crippen LogP contribution in [0.3, 0.4) is 0 Å². The Morgan fingerprint density at radius 3 is 2.37 bits per heavy atom. The first-order chi connectivity index (χ1) is 8.79. The van der Waals surface area contributed by atoms with E-state index in [1.165, 1.54) is 0 Å². The molecule has 0 aliphatic heterocycles. The van der Waals surface area contributed by atoms with Gasteiger partial charge in [0, 0.05) is 16.7 Å². The van der Waals surface area contributed by atoms with Crippen molar-refractivity contribution in [3.05, 3.63) is 29.3 Å². The highest BCUT2D eigenvalue weighted by atomic mass is 35.7. The van der Waals surface area contributed by atoms with Gasteiger partial charge < -0.3 is 4.74 Å². The van der Waals surface area contributed by atoms with E-state index in [0.29, 0.717) is 25.0 Å². The fraction of sp³-hybridized carbons (Fsp3) is 0.364. The molecule has 0 bridgehead atoms. The molecule has 0 radical (unpaired) electrons. The standard InChI is InChI=1S/C11H9ClF2O4S/c12-19(16,17)10-4-7(8(13)5-9(10)14)11(15)18-6-2-1-3-6/h4-6H,1-3H2. The van der Waals surface area contributed by atoms with Crippen LogP contribution in [0.25, 0.3) is 0 Å². The van der Waals surface area contributed by atoms with Crippen molar-refractivity contribution in [2.75, 3.05) is 0 Å². The van der Waals surface area contributed by atoms with Crippen molar-refractivity contribution in [1.29, 1.82) is 0 Å². The summed E-state index contributed by atoms with van der Waals surface area (Å²) in [4.78, 5) is 10.7. The molecule has 0 heterocycles. The molecule has 1 aromatic carbocycles. The minimum Gasteiger partial charge on any atom is -0.459 e. The average Bonchev–Trinajstić information content (AvgIpc) is 2.21. The molecule has 1 saturated carbocycles. The fourth-order valence-electron chi connectivity index (χ4n) is 1.58. The number of carbonyl (C=O) groups excluding carboxylic acids is 1. The lowest BCUT2D eigenvalue weighted by atomic mass is 9.96. The highest BCUT2D eigenvalue weighted by molar-refractivity contribution is 8.13. The summed E-state index contributed by atoms with van der Waals surface area (Å²) in [5.74, 6) is -3.57. The molecule has 0 saturated heterocycles. The second-order valence-corrected chi connectivity index (χ2v) is 6.69. The quantitative estimate of drug-likeness (QED) is 0.636. The number of esters is 1. The number of hydrogen-bond acceptors (Lipinski definition) is 4. The van der Waals surface area contributed by atoms with E-state index in [1.807, 2.05) is 0 Å². The molecule has 1 fully saturated rings. The summed E-state index contributed by atoms with van der Waals surface area (Å²) < 4.78 is 53.8. The lowest BCUT2D eigenvalue weighted by Gasteiger charge is -2.25. The molecule has 4 nitrogen and oxygen atoms in total. The Morgan fingerprint density at radius 2 is 1.89 bits per heavy atom. The Morgan fingerprint density at radius 1 is 1.26 bits per heavy atom. The van der Waals surface area contributed by atoms with Gasteiger partial charge in [-0.15, -0.1) is 0 Å². The van der Waals surface area contributed by atoms with Crippen LogP contribution in [-0.4, -0.2) is 20.5 Å². The van der Waals surface area contributed by atoms with Gasteiger partial charge in [-0.2, -0.15) is 0 Å². The molecule has 0 spiro atoms. The zero-order valence-corrected chi connectivity index (χ0v) is 11.1. The second-order valence-electron chi connectivity index (χ2n) is 4.16. The van der Waals surface area contributed by atoms with E-state index >= 15 is 0 Å². The lowest BCUT2D eigenvalue weighted by Crippen LogP contribution is -2.25. The first-order valence-corrected chi connectivity index (χ1v) is 7.74. The van der Waals surface area contributed by atoms with Gasteiger partial charge in [-0.25, -0.2) is 22.0 Å². The van der Waals surface area contributed by atoms with E-state index in [1.54, 1.807) is 0 Å². The highest BCUT2D eigenvalue weighted by Gasteiger charge is 2.27. The third-order valence-electron chi connectivity index (χ3n) is 2.83. The van der Waals surface area contributed by atoms with Gasteiger partial charge in [-0.3, -0.25) is 0 Å². The summed E-state index contributed by atoms with van der Waals surface area (Å²) >= 11 is 0. The van der Waals surface area contributed by atoms with Gasteiger partial charge in [-0.05, 0) is 25.3 Å². The molecule has 0 amide bonds. The Hall–Kier alpha value is -1.21. The highest BCUT2D eigenvalue weighted by Crippen LogP contribution is 2.26. The van der Waals surface area contributed by atoms with E-state index in [4.69, 9.17) is 15.4 Å². The Labute approximate surface area is 112 Å². The van der Waals surface area contributed by atoms with E-state index in [2.05, 4.69) is 0 Å². The minimum atomic E-state index is -4.40. The van der Waals surface area contributed by atoms with Gasteiger partial charge in [-0.1, -0.05) is 0 Å². The van der Waals surface area contributed by atoms with Crippen LogP contribution in [0.4, 0.5) is 8.78 Å². The molecular formula is C11H9ClF2O4S. The Balaban J connectivity index is 2.36. The maximum atomic E-state index is 13.5. The summed E-state index contributed by atoms with van der Waals surface area (Å²) in [6.45, 7) is 0. The number of halogens is 3. The first kappa shape index (κ1) is 14.2. The van der Waals surface area contributed by atoms with Crippen LogP contribution in [0, 0.1) is 11.6 Å². The Bertz CT molecular complexity index is 626. The molecule has 1 aliphatic carbocycles. The monoisotopic (exact) mass is 310 g/mol. The number of ether oxygens (including phenoxy) is 1. The van der Waals surface area contributed by atoms with Crippen molar-refractivity contribution in [2.45, 2.75) is 30.3 Å². The van der Waals surface area contributed by atoms with E-state index in [-0.39, 0.29) is 6.10 Å². The molecular weight excluding hydrogens is 302 g/mol. The number of rotatable bonds is 3. The number of benzene rings is 1. The molecule has 0 unspecified atom stereocenters. The summed E-state index contributed by atoms with van der Waals surface area (Å²) in [7, 11) is 0.591. The predicted molar refractivity (Wildman–Crippen MR) is 62.5 cm³/mol. The summed E-state index contributed by atoms with van der Waals surface area (Å²) in [6.07, 6.45) is 1.96. The maximum Gasteiger partial charge on any atom is 0.341 e. The SMILES string of the molecule is O=C(OC1CCC1)c1cc(S(=O)(=O)Cl)c(F)cc1F. The van der Waals surface area contributed by atoms with Crippen LogP contribution in [-0.2, 0) is 13.8 Å². The van der Waals surface area contributed by atoms with Crippen LogP contribution in [0.15, 0.2) is 17.0 Å². The van der Waals surface area contributed by atoms with Crippen LogP contribution in [0.2, 0.25) is 0 Å². The van der Waals surface area contributed by atoms with Crippen molar-refractivity contribution in [3.63, 3.8) is 0 Å². The van der Waals surface area contributed by atoms with Crippen molar-refractivity contribution in [1.82, 2.24) is 0 Å².